The largest absolute Gasteiger partial charge is 0.377 e. The van der Waals surface area contributed by atoms with E-state index in [9.17, 15) is 10.1 Å². The third-order valence-corrected chi connectivity index (χ3v) is 2.93. The van der Waals surface area contributed by atoms with Crippen LogP contribution in [-0.4, -0.2) is 17.0 Å². The van der Waals surface area contributed by atoms with Gasteiger partial charge in [-0.05, 0) is 25.3 Å². The van der Waals surface area contributed by atoms with E-state index in [-0.39, 0.29) is 22.7 Å². The molecule has 1 saturated carbocycles. The minimum Gasteiger partial charge on any atom is -0.377 e. The quantitative estimate of drug-likeness (QED) is 0.603. The van der Waals surface area contributed by atoms with Crippen molar-refractivity contribution in [3.8, 4) is 0 Å². The summed E-state index contributed by atoms with van der Waals surface area (Å²) in [6.07, 6.45) is 2.84. The van der Waals surface area contributed by atoms with Crippen molar-refractivity contribution < 1.29 is 4.92 Å². The van der Waals surface area contributed by atoms with Crippen molar-refractivity contribution in [2.75, 3.05) is 5.32 Å². The summed E-state index contributed by atoms with van der Waals surface area (Å²) in [7, 11) is 0. The fraction of sp³-hybridized carbons (Fsp3) is 0.455. The van der Waals surface area contributed by atoms with E-state index < -0.39 is 0 Å². The molecule has 0 aromatic heterocycles. The van der Waals surface area contributed by atoms with Gasteiger partial charge >= 0.3 is 0 Å². The second kappa shape index (κ2) is 4.49. The van der Waals surface area contributed by atoms with Crippen molar-refractivity contribution in [2.45, 2.75) is 31.3 Å². The van der Waals surface area contributed by atoms with Gasteiger partial charge < -0.3 is 11.1 Å². The third-order valence-electron chi connectivity index (χ3n) is 2.93. The van der Waals surface area contributed by atoms with Gasteiger partial charge in [-0.2, -0.15) is 0 Å². The molecule has 1 aromatic carbocycles. The SMILES string of the molecule is NC1CCC(Nc2ccccc2[N+](=O)[O-])C1. The third kappa shape index (κ3) is 2.30. The van der Waals surface area contributed by atoms with Crippen LogP contribution in [0.1, 0.15) is 19.3 Å². The first-order chi connectivity index (χ1) is 7.66. The van der Waals surface area contributed by atoms with Crippen LogP contribution >= 0.6 is 0 Å². The van der Waals surface area contributed by atoms with Crippen LogP contribution in [0.2, 0.25) is 0 Å². The lowest BCUT2D eigenvalue weighted by molar-refractivity contribution is -0.384. The molecule has 86 valence electrons. The van der Waals surface area contributed by atoms with E-state index in [0.717, 1.165) is 19.3 Å². The number of anilines is 1. The first-order valence-electron chi connectivity index (χ1n) is 5.42. The topological polar surface area (TPSA) is 81.2 Å². The molecule has 1 fully saturated rings. The summed E-state index contributed by atoms with van der Waals surface area (Å²) in [6.45, 7) is 0. The summed E-state index contributed by atoms with van der Waals surface area (Å²) in [6, 6.07) is 7.20. The van der Waals surface area contributed by atoms with Gasteiger partial charge in [-0.25, -0.2) is 0 Å². The summed E-state index contributed by atoms with van der Waals surface area (Å²) >= 11 is 0. The van der Waals surface area contributed by atoms with Gasteiger partial charge in [0.05, 0.1) is 4.92 Å². The number of nitro benzene ring substituents is 1. The van der Waals surface area contributed by atoms with Crippen molar-refractivity contribution in [3.63, 3.8) is 0 Å². The predicted octanol–water partition coefficient (Wildman–Crippen LogP) is 1.89. The van der Waals surface area contributed by atoms with Gasteiger partial charge in [0.1, 0.15) is 5.69 Å². The van der Waals surface area contributed by atoms with Crippen LogP contribution in [0.4, 0.5) is 11.4 Å². The molecule has 0 saturated heterocycles. The molecule has 5 heteroatoms. The molecule has 0 heterocycles. The van der Waals surface area contributed by atoms with Crippen molar-refractivity contribution in [1.82, 2.24) is 0 Å². The Bertz CT molecular complexity index is 395. The number of hydrogen-bond donors (Lipinski definition) is 2. The van der Waals surface area contributed by atoms with Crippen molar-refractivity contribution in [1.29, 1.82) is 0 Å². The average Bonchev–Trinajstić information content (AvgIpc) is 2.64. The van der Waals surface area contributed by atoms with Crippen LogP contribution < -0.4 is 11.1 Å². The van der Waals surface area contributed by atoms with Crippen LogP contribution in [0, 0.1) is 10.1 Å². The summed E-state index contributed by atoms with van der Waals surface area (Å²) in [5, 5.41) is 14.0. The minimum atomic E-state index is -0.364. The van der Waals surface area contributed by atoms with Gasteiger partial charge in [-0.15, -0.1) is 0 Å². The number of nitrogens with zero attached hydrogens (tertiary/aromatic N) is 1. The van der Waals surface area contributed by atoms with Crippen molar-refractivity contribution in [2.24, 2.45) is 5.73 Å². The molecule has 1 aliphatic carbocycles. The van der Waals surface area contributed by atoms with Crippen LogP contribution in [0.25, 0.3) is 0 Å². The Morgan fingerprint density at radius 3 is 2.75 bits per heavy atom. The zero-order valence-electron chi connectivity index (χ0n) is 8.93. The van der Waals surface area contributed by atoms with Crippen LogP contribution in [0.5, 0.6) is 0 Å². The molecular weight excluding hydrogens is 206 g/mol. The first kappa shape index (κ1) is 10.9. The second-order valence-electron chi connectivity index (χ2n) is 4.19. The molecule has 0 spiro atoms. The molecule has 2 unspecified atom stereocenters. The monoisotopic (exact) mass is 221 g/mol. The zero-order chi connectivity index (χ0) is 11.5. The lowest BCUT2D eigenvalue weighted by Gasteiger charge is -2.13. The van der Waals surface area contributed by atoms with Crippen molar-refractivity contribution in [3.05, 3.63) is 34.4 Å². The van der Waals surface area contributed by atoms with Crippen molar-refractivity contribution >= 4 is 11.4 Å². The lowest BCUT2D eigenvalue weighted by Crippen LogP contribution is -2.21. The Morgan fingerprint density at radius 1 is 1.38 bits per heavy atom. The summed E-state index contributed by atoms with van der Waals surface area (Å²) < 4.78 is 0. The smallest absolute Gasteiger partial charge is 0.292 e. The van der Waals surface area contributed by atoms with E-state index in [4.69, 9.17) is 5.73 Å². The van der Waals surface area contributed by atoms with Gasteiger partial charge in [0.2, 0.25) is 0 Å². The van der Waals surface area contributed by atoms with E-state index in [2.05, 4.69) is 5.32 Å². The Kier molecular flexibility index (Phi) is 3.05. The number of nitrogens with one attached hydrogen (secondary N) is 1. The molecule has 0 amide bonds. The Labute approximate surface area is 93.8 Å². The molecule has 16 heavy (non-hydrogen) atoms. The molecular formula is C11H15N3O2. The number of nitrogens with two attached hydrogens (primary N) is 1. The Morgan fingerprint density at radius 2 is 2.12 bits per heavy atom. The molecule has 0 bridgehead atoms. The maximum atomic E-state index is 10.8. The number of benzene rings is 1. The lowest BCUT2D eigenvalue weighted by atomic mass is 10.2. The van der Waals surface area contributed by atoms with Crippen LogP contribution in [-0.2, 0) is 0 Å². The highest BCUT2D eigenvalue weighted by Gasteiger charge is 2.23. The number of hydrogen-bond acceptors (Lipinski definition) is 4. The van der Waals surface area contributed by atoms with E-state index in [1.807, 2.05) is 0 Å². The van der Waals surface area contributed by atoms with E-state index in [0.29, 0.717) is 5.69 Å². The van der Waals surface area contributed by atoms with Gasteiger partial charge in [0.15, 0.2) is 0 Å². The predicted molar refractivity (Wildman–Crippen MR) is 62.3 cm³/mol. The normalized spacial score (nSPS) is 24.3. The van der Waals surface area contributed by atoms with Crippen LogP contribution in [0.15, 0.2) is 24.3 Å². The van der Waals surface area contributed by atoms with Gasteiger partial charge in [0, 0.05) is 18.2 Å². The van der Waals surface area contributed by atoms with E-state index >= 15 is 0 Å². The number of para-hydroxylation sites is 2. The van der Waals surface area contributed by atoms with Gasteiger partial charge in [-0.3, -0.25) is 10.1 Å². The maximum absolute atomic E-state index is 10.8. The van der Waals surface area contributed by atoms with E-state index in [1.165, 1.54) is 6.07 Å². The first-order valence-corrected chi connectivity index (χ1v) is 5.42. The number of nitro groups is 1. The highest BCUT2D eigenvalue weighted by Crippen LogP contribution is 2.27. The molecule has 5 nitrogen and oxygen atoms in total. The highest BCUT2D eigenvalue weighted by atomic mass is 16.6. The summed E-state index contributed by atoms with van der Waals surface area (Å²) in [4.78, 5) is 10.4. The second-order valence-corrected chi connectivity index (χ2v) is 4.19. The van der Waals surface area contributed by atoms with Gasteiger partial charge in [-0.1, -0.05) is 12.1 Å². The molecule has 3 N–H and O–H groups in total. The standard InChI is InChI=1S/C11H15N3O2/c12-8-5-6-9(7-8)13-10-3-1-2-4-11(10)14(15)16/h1-4,8-9,13H,5-7,12H2. The molecule has 1 aromatic rings. The Hall–Kier alpha value is -1.62. The molecule has 1 aliphatic rings. The maximum Gasteiger partial charge on any atom is 0.292 e. The zero-order valence-corrected chi connectivity index (χ0v) is 8.93. The fourth-order valence-electron chi connectivity index (χ4n) is 2.12. The number of rotatable bonds is 3. The molecule has 0 aliphatic heterocycles. The van der Waals surface area contributed by atoms with Crippen LogP contribution in [0.3, 0.4) is 0 Å². The minimum absolute atomic E-state index is 0.128. The Balaban J connectivity index is 2.12. The summed E-state index contributed by atoms with van der Waals surface area (Å²) in [5.41, 5.74) is 6.52. The summed E-state index contributed by atoms with van der Waals surface area (Å²) in [5.74, 6) is 0. The molecule has 2 rings (SSSR count). The average molecular weight is 221 g/mol. The molecule has 2 atom stereocenters. The van der Waals surface area contributed by atoms with E-state index in [1.54, 1.807) is 18.2 Å². The fourth-order valence-corrected chi connectivity index (χ4v) is 2.12. The highest BCUT2D eigenvalue weighted by molar-refractivity contribution is 5.61. The van der Waals surface area contributed by atoms with Gasteiger partial charge in [0.25, 0.3) is 5.69 Å². The molecule has 0 radical (unpaired) electrons.